The third-order valence-electron chi connectivity index (χ3n) is 4.45. The number of piperidine rings is 1. The maximum atomic E-state index is 11.9. The minimum atomic E-state index is -0.436. The SMILES string of the molecule is CC(C)(C)OC(=O)N1CCC(Oc2ccccc2)CC1.CC(C)=CCNCC=C(C)C. The lowest BCUT2D eigenvalue weighted by Crippen LogP contribution is -2.44. The Kier molecular flexibility index (Phi) is 12.0. The number of likely N-dealkylation sites (tertiary alicyclic amines) is 1. The van der Waals surface area contributed by atoms with E-state index < -0.39 is 5.60 Å². The highest BCUT2D eigenvalue weighted by Crippen LogP contribution is 2.20. The Morgan fingerprint density at radius 2 is 1.52 bits per heavy atom. The molecule has 5 heteroatoms. The fourth-order valence-corrected chi connectivity index (χ4v) is 2.81. The van der Waals surface area contributed by atoms with Crippen molar-refractivity contribution < 1.29 is 14.3 Å². The van der Waals surface area contributed by atoms with Gasteiger partial charge in [0.1, 0.15) is 17.5 Å². The Hall–Kier alpha value is -2.27. The first-order valence-corrected chi connectivity index (χ1v) is 11.2. The zero-order valence-electron chi connectivity index (χ0n) is 20.5. The predicted octanol–water partition coefficient (Wildman–Crippen LogP) is 5.97. The molecule has 1 heterocycles. The molecule has 1 fully saturated rings. The third kappa shape index (κ3) is 13.6. The molecule has 1 aromatic rings. The van der Waals surface area contributed by atoms with E-state index in [2.05, 4.69) is 45.2 Å². The van der Waals surface area contributed by atoms with Gasteiger partial charge in [-0.2, -0.15) is 0 Å². The van der Waals surface area contributed by atoms with Crippen LogP contribution in [0.25, 0.3) is 0 Å². The van der Waals surface area contributed by atoms with Crippen molar-refractivity contribution in [3.8, 4) is 5.75 Å². The Balaban J connectivity index is 0.000000373. The van der Waals surface area contributed by atoms with Crippen LogP contribution in [0.15, 0.2) is 53.6 Å². The van der Waals surface area contributed by atoms with Gasteiger partial charge in [-0.25, -0.2) is 4.79 Å². The number of benzene rings is 1. The minimum Gasteiger partial charge on any atom is -0.490 e. The lowest BCUT2D eigenvalue weighted by molar-refractivity contribution is 0.0126. The summed E-state index contributed by atoms with van der Waals surface area (Å²) in [6, 6.07) is 9.81. The van der Waals surface area contributed by atoms with E-state index in [0.717, 1.165) is 31.7 Å². The topological polar surface area (TPSA) is 50.8 Å². The lowest BCUT2D eigenvalue weighted by Gasteiger charge is -2.33. The monoisotopic (exact) mass is 430 g/mol. The molecular formula is C26H42N2O3. The van der Waals surface area contributed by atoms with Gasteiger partial charge in [-0.05, 0) is 60.6 Å². The van der Waals surface area contributed by atoms with E-state index >= 15 is 0 Å². The number of carbonyl (C=O) groups excluding carboxylic acids is 1. The second-order valence-corrected chi connectivity index (χ2v) is 9.32. The van der Waals surface area contributed by atoms with Crippen LogP contribution < -0.4 is 10.1 Å². The second kappa shape index (κ2) is 13.9. The van der Waals surface area contributed by atoms with Gasteiger partial charge in [-0.1, -0.05) is 41.5 Å². The van der Waals surface area contributed by atoms with Crippen molar-refractivity contribution in [2.75, 3.05) is 26.2 Å². The highest BCUT2D eigenvalue weighted by molar-refractivity contribution is 5.68. The van der Waals surface area contributed by atoms with Gasteiger partial charge in [0.2, 0.25) is 0 Å². The van der Waals surface area contributed by atoms with E-state index in [1.54, 1.807) is 4.90 Å². The number of hydrogen-bond acceptors (Lipinski definition) is 4. The van der Waals surface area contributed by atoms with Gasteiger partial charge in [-0.15, -0.1) is 0 Å². The van der Waals surface area contributed by atoms with Crippen molar-refractivity contribution >= 4 is 6.09 Å². The van der Waals surface area contributed by atoms with Crippen molar-refractivity contribution in [2.24, 2.45) is 0 Å². The zero-order chi connectivity index (χ0) is 23.3. The Bertz CT molecular complexity index is 671. The molecule has 0 atom stereocenters. The molecule has 0 unspecified atom stereocenters. The van der Waals surface area contributed by atoms with E-state index in [1.807, 2.05) is 51.1 Å². The largest absolute Gasteiger partial charge is 0.490 e. The summed E-state index contributed by atoms with van der Waals surface area (Å²) in [4.78, 5) is 13.7. The summed E-state index contributed by atoms with van der Waals surface area (Å²) in [5, 5.41) is 3.30. The maximum absolute atomic E-state index is 11.9. The van der Waals surface area contributed by atoms with Crippen LogP contribution in [0.4, 0.5) is 4.79 Å². The number of allylic oxidation sites excluding steroid dienone is 2. The Morgan fingerprint density at radius 3 is 1.97 bits per heavy atom. The van der Waals surface area contributed by atoms with Crippen molar-refractivity contribution in [1.29, 1.82) is 0 Å². The van der Waals surface area contributed by atoms with Crippen molar-refractivity contribution in [3.05, 3.63) is 53.6 Å². The number of nitrogens with one attached hydrogen (secondary N) is 1. The number of amides is 1. The summed E-state index contributed by atoms with van der Waals surface area (Å²) < 4.78 is 11.3. The van der Waals surface area contributed by atoms with Gasteiger partial charge in [-0.3, -0.25) is 0 Å². The first-order chi connectivity index (χ1) is 14.6. The average molecular weight is 431 g/mol. The van der Waals surface area contributed by atoms with Crippen LogP contribution >= 0.6 is 0 Å². The summed E-state index contributed by atoms with van der Waals surface area (Å²) in [7, 11) is 0. The summed E-state index contributed by atoms with van der Waals surface area (Å²) in [5.74, 6) is 0.892. The van der Waals surface area contributed by atoms with Crippen LogP contribution in [0, 0.1) is 0 Å². The molecule has 2 rings (SSSR count). The third-order valence-corrected chi connectivity index (χ3v) is 4.45. The van der Waals surface area contributed by atoms with Crippen LogP contribution in [0.2, 0.25) is 0 Å². The molecule has 0 aliphatic carbocycles. The van der Waals surface area contributed by atoms with Gasteiger partial charge < -0.3 is 19.7 Å². The molecule has 5 nitrogen and oxygen atoms in total. The lowest BCUT2D eigenvalue weighted by atomic mass is 10.1. The van der Waals surface area contributed by atoms with E-state index in [9.17, 15) is 4.79 Å². The maximum Gasteiger partial charge on any atom is 0.410 e. The minimum absolute atomic E-state index is 0.177. The summed E-state index contributed by atoms with van der Waals surface area (Å²) in [5.41, 5.74) is 2.30. The standard InChI is InChI=1S/C16H23NO3.C10H19N/c1-16(2,3)20-15(18)17-11-9-14(10-12-17)19-13-7-5-4-6-8-13;1-9(2)5-7-11-8-6-10(3)4/h4-8,14H,9-12H2,1-3H3;5-6,11H,7-8H2,1-4H3. The molecule has 1 aromatic carbocycles. The number of rotatable bonds is 6. The van der Waals surface area contributed by atoms with E-state index in [4.69, 9.17) is 9.47 Å². The molecular weight excluding hydrogens is 388 g/mol. The molecule has 1 amide bonds. The number of para-hydroxylation sites is 1. The first-order valence-electron chi connectivity index (χ1n) is 11.2. The van der Waals surface area contributed by atoms with Crippen LogP contribution in [-0.2, 0) is 4.74 Å². The number of nitrogens with zero attached hydrogens (tertiary/aromatic N) is 1. The van der Waals surface area contributed by atoms with E-state index in [1.165, 1.54) is 11.1 Å². The summed E-state index contributed by atoms with van der Waals surface area (Å²) in [6.45, 7) is 17.4. The highest BCUT2D eigenvalue weighted by atomic mass is 16.6. The molecule has 1 saturated heterocycles. The van der Waals surface area contributed by atoms with E-state index in [0.29, 0.717) is 13.1 Å². The Labute approximate surface area is 189 Å². The highest BCUT2D eigenvalue weighted by Gasteiger charge is 2.27. The van der Waals surface area contributed by atoms with Gasteiger partial charge in [0, 0.05) is 39.0 Å². The van der Waals surface area contributed by atoms with Crippen LogP contribution in [0.5, 0.6) is 5.75 Å². The molecule has 0 saturated carbocycles. The van der Waals surface area contributed by atoms with Crippen molar-refractivity contribution in [2.45, 2.75) is 73.0 Å². The fraction of sp³-hybridized carbons (Fsp3) is 0.577. The van der Waals surface area contributed by atoms with Crippen molar-refractivity contribution in [3.63, 3.8) is 0 Å². The molecule has 0 radical (unpaired) electrons. The molecule has 174 valence electrons. The molecule has 31 heavy (non-hydrogen) atoms. The van der Waals surface area contributed by atoms with Gasteiger partial charge in [0.05, 0.1) is 0 Å². The number of ether oxygens (including phenoxy) is 2. The first kappa shape index (κ1) is 26.8. The molecule has 1 aliphatic heterocycles. The van der Waals surface area contributed by atoms with Crippen LogP contribution in [0.3, 0.4) is 0 Å². The molecule has 0 spiro atoms. The average Bonchev–Trinajstić information content (AvgIpc) is 2.68. The number of carbonyl (C=O) groups is 1. The van der Waals surface area contributed by atoms with Crippen LogP contribution in [0.1, 0.15) is 61.3 Å². The van der Waals surface area contributed by atoms with E-state index in [-0.39, 0.29) is 12.2 Å². The van der Waals surface area contributed by atoms with Gasteiger partial charge >= 0.3 is 6.09 Å². The molecule has 1 N–H and O–H groups in total. The zero-order valence-corrected chi connectivity index (χ0v) is 20.5. The van der Waals surface area contributed by atoms with Crippen molar-refractivity contribution in [1.82, 2.24) is 10.2 Å². The summed E-state index contributed by atoms with van der Waals surface area (Å²) in [6.07, 6.45) is 6.02. The fourth-order valence-electron chi connectivity index (χ4n) is 2.81. The smallest absolute Gasteiger partial charge is 0.410 e. The van der Waals surface area contributed by atoms with Gasteiger partial charge in [0.15, 0.2) is 0 Å². The summed E-state index contributed by atoms with van der Waals surface area (Å²) >= 11 is 0. The second-order valence-electron chi connectivity index (χ2n) is 9.32. The van der Waals surface area contributed by atoms with Gasteiger partial charge in [0.25, 0.3) is 0 Å². The Morgan fingerprint density at radius 1 is 1.00 bits per heavy atom. The molecule has 0 bridgehead atoms. The quantitative estimate of drug-likeness (QED) is 0.446. The number of hydrogen-bond donors (Lipinski definition) is 1. The molecule has 1 aliphatic rings. The predicted molar refractivity (Wildman–Crippen MR) is 130 cm³/mol. The van der Waals surface area contributed by atoms with Crippen LogP contribution in [-0.4, -0.2) is 48.9 Å². The molecule has 0 aromatic heterocycles. The normalized spacial score (nSPS) is 14.1.